The largest absolute Gasteiger partial charge is 0.340 e. The summed E-state index contributed by atoms with van der Waals surface area (Å²) in [4.78, 5) is 14.0. The van der Waals surface area contributed by atoms with Crippen molar-refractivity contribution >= 4 is 15.9 Å². The monoisotopic (exact) mass is 326 g/mol. The molecule has 122 valence electrons. The fourth-order valence-electron chi connectivity index (χ4n) is 3.50. The molecule has 1 amide bonds. The maximum absolute atomic E-state index is 12.8. The molecule has 0 saturated carbocycles. The van der Waals surface area contributed by atoms with E-state index in [-0.39, 0.29) is 11.9 Å². The predicted octanol–water partition coefficient (Wildman–Crippen LogP) is 0.802. The minimum Gasteiger partial charge on any atom is -0.340 e. The second-order valence-corrected chi connectivity index (χ2v) is 7.96. The lowest BCUT2D eigenvalue weighted by Crippen LogP contribution is -2.47. The van der Waals surface area contributed by atoms with E-state index in [4.69, 9.17) is 0 Å². The van der Waals surface area contributed by atoms with Gasteiger partial charge >= 0.3 is 0 Å². The lowest BCUT2D eigenvalue weighted by molar-refractivity contribution is -0.130. The Kier molecular flexibility index (Phi) is 3.98. The molecule has 2 aliphatic rings. The first-order valence-electron chi connectivity index (χ1n) is 7.72. The van der Waals surface area contributed by atoms with Crippen LogP contribution in [0.15, 0.2) is 4.90 Å². The molecule has 1 N–H and O–H groups in total. The first kappa shape index (κ1) is 15.5. The van der Waals surface area contributed by atoms with E-state index in [0.717, 1.165) is 13.0 Å². The van der Waals surface area contributed by atoms with E-state index in [0.29, 0.717) is 48.6 Å². The highest BCUT2D eigenvalue weighted by atomic mass is 32.2. The van der Waals surface area contributed by atoms with Crippen LogP contribution < -0.4 is 0 Å². The van der Waals surface area contributed by atoms with E-state index in [1.165, 1.54) is 4.31 Å². The number of piperidine rings is 1. The van der Waals surface area contributed by atoms with Crippen LogP contribution in [0.5, 0.6) is 0 Å². The van der Waals surface area contributed by atoms with Gasteiger partial charge in [0.1, 0.15) is 4.90 Å². The molecule has 0 spiro atoms. The maximum atomic E-state index is 12.8. The molecule has 1 aromatic rings. The van der Waals surface area contributed by atoms with Crippen molar-refractivity contribution in [1.82, 2.24) is 19.4 Å². The van der Waals surface area contributed by atoms with E-state index in [2.05, 4.69) is 10.2 Å². The van der Waals surface area contributed by atoms with Gasteiger partial charge in [0.2, 0.25) is 15.9 Å². The summed E-state index contributed by atoms with van der Waals surface area (Å²) in [5.41, 5.74) is 1.09. The number of nitrogens with one attached hydrogen (secondary N) is 1. The molecule has 3 rings (SSSR count). The van der Waals surface area contributed by atoms with Crippen LogP contribution in [0.25, 0.3) is 0 Å². The molecule has 7 nitrogen and oxygen atoms in total. The van der Waals surface area contributed by atoms with Gasteiger partial charge in [-0.3, -0.25) is 9.89 Å². The van der Waals surface area contributed by atoms with Gasteiger partial charge in [0, 0.05) is 32.1 Å². The maximum Gasteiger partial charge on any atom is 0.246 e. The van der Waals surface area contributed by atoms with Gasteiger partial charge in [-0.25, -0.2) is 8.42 Å². The van der Waals surface area contributed by atoms with E-state index in [1.807, 2.05) is 4.90 Å². The fourth-order valence-corrected chi connectivity index (χ4v) is 5.30. The number of rotatable bonds is 3. The predicted molar refractivity (Wildman–Crippen MR) is 80.8 cm³/mol. The molecule has 22 heavy (non-hydrogen) atoms. The van der Waals surface area contributed by atoms with Gasteiger partial charge in [-0.05, 0) is 33.1 Å². The molecular weight excluding hydrogens is 304 g/mol. The van der Waals surface area contributed by atoms with E-state index in [1.54, 1.807) is 13.8 Å². The SMILES string of the molecule is Cc1n[nH]c(C)c1S(=O)(=O)N1CCC(N2CCCC2=O)CC1. The Morgan fingerprint density at radius 3 is 2.36 bits per heavy atom. The summed E-state index contributed by atoms with van der Waals surface area (Å²) in [6, 6.07) is 0.188. The Balaban J connectivity index is 1.72. The molecule has 0 aliphatic carbocycles. The van der Waals surface area contributed by atoms with Crippen LogP contribution in [0, 0.1) is 13.8 Å². The summed E-state index contributed by atoms with van der Waals surface area (Å²) in [7, 11) is -3.50. The number of carbonyl (C=O) groups excluding carboxylic acids is 1. The molecule has 0 radical (unpaired) electrons. The second kappa shape index (κ2) is 5.66. The molecule has 8 heteroatoms. The molecular formula is C14H22N4O3S. The molecule has 2 saturated heterocycles. The first-order chi connectivity index (χ1) is 10.4. The number of hydrogen-bond acceptors (Lipinski definition) is 4. The third-order valence-corrected chi connectivity index (χ3v) is 6.80. The minimum atomic E-state index is -3.50. The lowest BCUT2D eigenvalue weighted by Gasteiger charge is -2.36. The van der Waals surface area contributed by atoms with Gasteiger partial charge in [-0.2, -0.15) is 9.40 Å². The number of likely N-dealkylation sites (tertiary alicyclic amines) is 1. The average molecular weight is 326 g/mol. The van der Waals surface area contributed by atoms with E-state index >= 15 is 0 Å². The Bertz CT molecular complexity index is 655. The third kappa shape index (κ3) is 2.54. The van der Waals surface area contributed by atoms with Crippen LogP contribution in [0.2, 0.25) is 0 Å². The highest BCUT2D eigenvalue weighted by Crippen LogP contribution is 2.27. The Hall–Kier alpha value is -1.41. The van der Waals surface area contributed by atoms with Crippen molar-refractivity contribution in [2.75, 3.05) is 19.6 Å². The first-order valence-corrected chi connectivity index (χ1v) is 9.16. The quantitative estimate of drug-likeness (QED) is 0.890. The fraction of sp³-hybridized carbons (Fsp3) is 0.714. The second-order valence-electron chi connectivity index (χ2n) is 6.09. The standard InChI is InChI=1S/C14H22N4O3S/c1-10-14(11(2)16-15-10)22(20,21)17-8-5-12(6-9-17)18-7-3-4-13(18)19/h12H,3-9H2,1-2H3,(H,15,16). The van der Waals surface area contributed by atoms with Crippen LogP contribution in [0.1, 0.15) is 37.1 Å². The van der Waals surface area contributed by atoms with Gasteiger partial charge in [0.05, 0.1) is 11.4 Å². The molecule has 0 bridgehead atoms. The zero-order chi connectivity index (χ0) is 15.9. The number of nitrogens with zero attached hydrogens (tertiary/aromatic N) is 3. The Labute approximate surface area is 130 Å². The topological polar surface area (TPSA) is 86.4 Å². The van der Waals surface area contributed by atoms with Crippen LogP contribution in [0.4, 0.5) is 0 Å². The number of aryl methyl sites for hydroxylation is 2. The van der Waals surface area contributed by atoms with Crippen LogP contribution in [-0.2, 0) is 14.8 Å². The van der Waals surface area contributed by atoms with Crippen molar-refractivity contribution in [2.24, 2.45) is 0 Å². The van der Waals surface area contributed by atoms with Crippen molar-refractivity contribution in [3.8, 4) is 0 Å². The number of amides is 1. The minimum absolute atomic E-state index is 0.188. The Morgan fingerprint density at radius 1 is 1.18 bits per heavy atom. The Morgan fingerprint density at radius 2 is 1.86 bits per heavy atom. The van der Waals surface area contributed by atoms with Gasteiger partial charge in [0.15, 0.2) is 0 Å². The van der Waals surface area contributed by atoms with Crippen molar-refractivity contribution in [1.29, 1.82) is 0 Å². The van der Waals surface area contributed by atoms with Crippen molar-refractivity contribution in [3.05, 3.63) is 11.4 Å². The molecule has 1 aromatic heterocycles. The van der Waals surface area contributed by atoms with Crippen LogP contribution in [-0.4, -0.2) is 59.4 Å². The van der Waals surface area contributed by atoms with Gasteiger partial charge in [0.25, 0.3) is 0 Å². The number of aromatic amines is 1. The van der Waals surface area contributed by atoms with E-state index < -0.39 is 10.0 Å². The summed E-state index contributed by atoms with van der Waals surface area (Å²) < 4.78 is 27.1. The molecule has 0 aromatic carbocycles. The van der Waals surface area contributed by atoms with Gasteiger partial charge in [-0.1, -0.05) is 0 Å². The smallest absolute Gasteiger partial charge is 0.246 e. The zero-order valence-corrected chi connectivity index (χ0v) is 13.8. The highest BCUT2D eigenvalue weighted by molar-refractivity contribution is 7.89. The molecule has 3 heterocycles. The van der Waals surface area contributed by atoms with E-state index in [9.17, 15) is 13.2 Å². The number of H-pyrrole nitrogens is 1. The number of aromatic nitrogens is 2. The normalized spacial score (nSPS) is 21.7. The summed E-state index contributed by atoms with van der Waals surface area (Å²) in [6.45, 7) is 5.16. The summed E-state index contributed by atoms with van der Waals surface area (Å²) >= 11 is 0. The van der Waals surface area contributed by atoms with Gasteiger partial charge < -0.3 is 4.90 Å². The lowest BCUT2D eigenvalue weighted by atomic mass is 10.1. The molecule has 2 aliphatic heterocycles. The third-order valence-electron chi connectivity index (χ3n) is 4.63. The highest BCUT2D eigenvalue weighted by Gasteiger charge is 2.36. The van der Waals surface area contributed by atoms with Crippen molar-refractivity contribution in [3.63, 3.8) is 0 Å². The van der Waals surface area contributed by atoms with Crippen LogP contribution >= 0.6 is 0 Å². The number of carbonyl (C=O) groups is 1. The molecule has 0 atom stereocenters. The van der Waals surface area contributed by atoms with Crippen molar-refractivity contribution < 1.29 is 13.2 Å². The number of hydrogen-bond donors (Lipinski definition) is 1. The molecule has 2 fully saturated rings. The van der Waals surface area contributed by atoms with Gasteiger partial charge in [-0.15, -0.1) is 0 Å². The molecule has 0 unspecified atom stereocenters. The summed E-state index contributed by atoms with van der Waals surface area (Å²) in [6.07, 6.45) is 2.97. The summed E-state index contributed by atoms with van der Waals surface area (Å²) in [5, 5.41) is 6.71. The van der Waals surface area contributed by atoms with Crippen molar-refractivity contribution in [2.45, 2.75) is 50.5 Å². The van der Waals surface area contributed by atoms with Crippen LogP contribution in [0.3, 0.4) is 0 Å². The number of sulfonamides is 1. The average Bonchev–Trinajstić information content (AvgIpc) is 3.05. The summed E-state index contributed by atoms with van der Waals surface area (Å²) in [5.74, 6) is 0.211. The zero-order valence-electron chi connectivity index (χ0n) is 13.0.